The molecule has 0 bridgehead atoms. The van der Waals surface area contributed by atoms with Gasteiger partial charge < -0.3 is 0 Å². The Balaban J connectivity index is 1.92. The van der Waals surface area contributed by atoms with Crippen LogP contribution in [0.2, 0.25) is 0 Å². The molecular formula is C17H16N2O2P+. The van der Waals surface area contributed by atoms with Crippen LogP contribution in [0.3, 0.4) is 0 Å². The number of fused-ring (bicyclic) bond motifs is 1. The van der Waals surface area contributed by atoms with Crippen molar-refractivity contribution in [3.8, 4) is 0 Å². The van der Waals surface area contributed by atoms with Crippen LogP contribution >= 0.6 is 8.03 Å². The van der Waals surface area contributed by atoms with Gasteiger partial charge in [-0.3, -0.25) is 10.3 Å². The van der Waals surface area contributed by atoms with Crippen LogP contribution in [0.4, 0.5) is 0 Å². The lowest BCUT2D eigenvalue weighted by atomic mass is 10.1. The van der Waals surface area contributed by atoms with E-state index in [1.165, 1.54) is 0 Å². The fourth-order valence-corrected chi connectivity index (χ4v) is 3.16. The quantitative estimate of drug-likeness (QED) is 0.704. The minimum absolute atomic E-state index is 0.524. The fraction of sp³-hybridized carbons (Fsp3) is 0.118. The molecule has 0 aliphatic carbocycles. The number of pyridine rings is 1. The Morgan fingerprint density at radius 1 is 1.05 bits per heavy atom. The topological polar surface area (TPSA) is 62.2 Å². The highest BCUT2D eigenvalue weighted by molar-refractivity contribution is 7.38. The number of aromatic nitrogens is 1. The summed E-state index contributed by atoms with van der Waals surface area (Å²) in [5.41, 5.74) is 2.57. The van der Waals surface area contributed by atoms with Crippen LogP contribution in [0.1, 0.15) is 16.9 Å². The van der Waals surface area contributed by atoms with Gasteiger partial charge in [-0.25, -0.2) is 0 Å². The summed E-state index contributed by atoms with van der Waals surface area (Å²) in [5, 5.41) is 4.13. The van der Waals surface area contributed by atoms with Crippen molar-refractivity contribution >= 4 is 18.9 Å². The highest BCUT2D eigenvalue weighted by Gasteiger charge is 2.32. The number of hydrogen-bond acceptors (Lipinski definition) is 3. The minimum Gasteiger partial charge on any atom is -0.263 e. The lowest BCUT2D eigenvalue weighted by molar-refractivity contribution is 0.474. The van der Waals surface area contributed by atoms with Gasteiger partial charge in [0.2, 0.25) is 0 Å². The largest absolute Gasteiger partial charge is 0.529 e. The van der Waals surface area contributed by atoms with Crippen molar-refractivity contribution < 1.29 is 9.46 Å². The number of nitrogens with zero attached hydrogens (tertiary/aromatic N) is 1. The summed E-state index contributed by atoms with van der Waals surface area (Å²) in [7, 11) is -2.41. The first-order chi connectivity index (χ1) is 10.8. The summed E-state index contributed by atoms with van der Waals surface area (Å²) in [5.74, 6) is -0.645. The molecule has 110 valence electrons. The second kappa shape index (κ2) is 6.75. The van der Waals surface area contributed by atoms with Crippen molar-refractivity contribution in [1.82, 2.24) is 10.3 Å². The molecule has 3 aromatic rings. The van der Waals surface area contributed by atoms with Crippen LogP contribution in [0.5, 0.6) is 0 Å². The Morgan fingerprint density at radius 3 is 2.59 bits per heavy atom. The smallest absolute Gasteiger partial charge is 0.263 e. The van der Waals surface area contributed by atoms with Crippen molar-refractivity contribution in [2.24, 2.45) is 0 Å². The van der Waals surface area contributed by atoms with Gasteiger partial charge in [0.15, 0.2) is 0 Å². The summed E-state index contributed by atoms with van der Waals surface area (Å²) in [6.07, 6.45) is 1.70. The normalized spacial score (nSPS) is 13.0. The van der Waals surface area contributed by atoms with E-state index in [0.717, 1.165) is 22.0 Å². The van der Waals surface area contributed by atoms with Gasteiger partial charge in [-0.1, -0.05) is 54.6 Å². The molecule has 1 unspecified atom stereocenters. The summed E-state index contributed by atoms with van der Waals surface area (Å²) in [6.45, 7) is 0.524. The SMILES string of the molecule is O=[P+](O)[C@H](NCc1ccccc1)c1cccc2cccnc12. The molecule has 0 spiro atoms. The number of hydrogen-bond donors (Lipinski definition) is 2. The summed E-state index contributed by atoms with van der Waals surface area (Å²) < 4.78 is 11.8. The molecule has 0 aliphatic heterocycles. The van der Waals surface area contributed by atoms with Gasteiger partial charge in [-0.05, 0) is 16.2 Å². The van der Waals surface area contributed by atoms with Crippen molar-refractivity contribution in [3.05, 3.63) is 78.0 Å². The molecule has 4 nitrogen and oxygen atoms in total. The zero-order valence-electron chi connectivity index (χ0n) is 11.9. The van der Waals surface area contributed by atoms with Crippen molar-refractivity contribution in [1.29, 1.82) is 0 Å². The van der Waals surface area contributed by atoms with E-state index in [1.807, 2.05) is 60.7 Å². The predicted molar refractivity (Wildman–Crippen MR) is 87.6 cm³/mol. The van der Waals surface area contributed by atoms with Gasteiger partial charge in [0.05, 0.1) is 5.52 Å². The van der Waals surface area contributed by atoms with E-state index in [0.29, 0.717) is 6.54 Å². The molecule has 0 fully saturated rings. The monoisotopic (exact) mass is 311 g/mol. The van der Waals surface area contributed by atoms with E-state index in [9.17, 15) is 9.46 Å². The first-order valence-electron chi connectivity index (χ1n) is 7.02. The number of para-hydroxylation sites is 1. The maximum atomic E-state index is 11.8. The number of rotatable bonds is 5. The zero-order valence-corrected chi connectivity index (χ0v) is 12.8. The molecule has 1 aromatic heterocycles. The highest BCUT2D eigenvalue weighted by Crippen LogP contribution is 2.38. The van der Waals surface area contributed by atoms with Gasteiger partial charge in [-0.15, -0.1) is 0 Å². The Hall–Kier alpha value is -2.13. The zero-order chi connectivity index (χ0) is 15.4. The van der Waals surface area contributed by atoms with Crippen LogP contribution in [0.25, 0.3) is 10.9 Å². The van der Waals surface area contributed by atoms with Crippen LogP contribution in [0.15, 0.2) is 66.9 Å². The summed E-state index contributed by atoms with van der Waals surface area (Å²) in [4.78, 5) is 14.1. The molecule has 2 atom stereocenters. The van der Waals surface area contributed by atoms with Gasteiger partial charge in [0.1, 0.15) is 0 Å². The molecule has 0 saturated carbocycles. The average molecular weight is 311 g/mol. The second-order valence-electron chi connectivity index (χ2n) is 4.99. The van der Waals surface area contributed by atoms with Gasteiger partial charge in [0, 0.05) is 23.7 Å². The lowest BCUT2D eigenvalue weighted by Gasteiger charge is -2.10. The molecule has 5 heteroatoms. The van der Waals surface area contributed by atoms with Crippen molar-refractivity contribution in [3.63, 3.8) is 0 Å². The van der Waals surface area contributed by atoms with Gasteiger partial charge in [-0.2, -0.15) is 4.89 Å². The summed E-state index contributed by atoms with van der Waals surface area (Å²) in [6, 6.07) is 19.3. The Kier molecular flexibility index (Phi) is 4.54. The Bertz CT molecular complexity index is 788. The second-order valence-corrected chi connectivity index (χ2v) is 6.12. The molecule has 22 heavy (non-hydrogen) atoms. The molecule has 0 amide bonds. The molecule has 2 aromatic carbocycles. The summed E-state index contributed by atoms with van der Waals surface area (Å²) >= 11 is 0. The van der Waals surface area contributed by atoms with Crippen LogP contribution in [-0.4, -0.2) is 9.88 Å². The van der Waals surface area contributed by atoms with E-state index in [1.54, 1.807) is 6.20 Å². The molecule has 2 N–H and O–H groups in total. The lowest BCUT2D eigenvalue weighted by Crippen LogP contribution is -2.18. The van der Waals surface area contributed by atoms with Crippen molar-refractivity contribution in [2.45, 2.75) is 12.3 Å². The third kappa shape index (κ3) is 3.20. The fourth-order valence-electron chi connectivity index (χ4n) is 2.47. The first kappa shape index (κ1) is 14.8. The number of nitrogens with one attached hydrogen (secondary N) is 1. The third-order valence-electron chi connectivity index (χ3n) is 3.52. The third-order valence-corrected chi connectivity index (χ3v) is 4.42. The highest BCUT2D eigenvalue weighted by atomic mass is 31.1. The molecular weight excluding hydrogens is 295 g/mol. The van der Waals surface area contributed by atoms with Crippen molar-refractivity contribution in [2.75, 3.05) is 0 Å². The maximum absolute atomic E-state index is 11.8. The van der Waals surface area contributed by atoms with Crippen LogP contribution < -0.4 is 5.32 Å². The molecule has 0 aliphatic rings. The van der Waals surface area contributed by atoms with Gasteiger partial charge in [0.25, 0.3) is 5.78 Å². The van der Waals surface area contributed by atoms with Crippen LogP contribution in [-0.2, 0) is 11.1 Å². The number of benzene rings is 2. The maximum Gasteiger partial charge on any atom is 0.529 e. The van der Waals surface area contributed by atoms with E-state index in [-0.39, 0.29) is 0 Å². The Morgan fingerprint density at radius 2 is 1.82 bits per heavy atom. The first-order valence-corrected chi connectivity index (χ1v) is 8.30. The molecule has 3 rings (SSSR count). The minimum atomic E-state index is -2.41. The van der Waals surface area contributed by atoms with Crippen LogP contribution in [0, 0.1) is 0 Å². The molecule has 0 saturated heterocycles. The predicted octanol–water partition coefficient (Wildman–Crippen LogP) is 3.76. The molecule has 0 radical (unpaired) electrons. The molecule has 1 heterocycles. The van der Waals surface area contributed by atoms with E-state index >= 15 is 0 Å². The van der Waals surface area contributed by atoms with E-state index < -0.39 is 13.8 Å². The average Bonchev–Trinajstić information content (AvgIpc) is 2.56. The van der Waals surface area contributed by atoms with E-state index in [4.69, 9.17) is 0 Å². The standard InChI is InChI=1S/C17H15N2O2P/c20-22(21)17(19-12-13-6-2-1-3-7-13)15-10-4-8-14-9-5-11-18-16(14)15/h1-11,17,19H,12H2/p+1/t17-/m0/s1. The van der Waals surface area contributed by atoms with E-state index in [2.05, 4.69) is 10.3 Å². The Labute approximate surface area is 129 Å². The van der Waals surface area contributed by atoms with Gasteiger partial charge >= 0.3 is 8.03 Å².